The molecule has 0 bridgehead atoms. The molecule has 2 aromatic rings. The molecule has 2 rings (SSSR count). The lowest BCUT2D eigenvalue weighted by molar-refractivity contribution is 0.309. The molecule has 18 heavy (non-hydrogen) atoms. The van der Waals surface area contributed by atoms with Gasteiger partial charge in [0, 0.05) is 30.9 Å². The van der Waals surface area contributed by atoms with Gasteiger partial charge in [-0.25, -0.2) is 4.52 Å². The van der Waals surface area contributed by atoms with Crippen LogP contribution in [0.25, 0.3) is 5.52 Å². The minimum Gasteiger partial charge on any atom is -0.309 e. The Morgan fingerprint density at radius 3 is 3.06 bits per heavy atom. The van der Waals surface area contributed by atoms with E-state index in [1.807, 2.05) is 23.0 Å². The Morgan fingerprint density at radius 2 is 2.28 bits per heavy atom. The van der Waals surface area contributed by atoms with Crippen molar-refractivity contribution in [1.82, 2.24) is 19.8 Å². The summed E-state index contributed by atoms with van der Waals surface area (Å²) in [6.07, 6.45) is 3.92. The Bertz CT molecular complexity index is 491. The highest BCUT2D eigenvalue weighted by Gasteiger charge is 2.07. The van der Waals surface area contributed by atoms with Crippen molar-refractivity contribution in [1.29, 1.82) is 0 Å². The van der Waals surface area contributed by atoms with Gasteiger partial charge in [0.25, 0.3) is 0 Å². The maximum absolute atomic E-state index is 4.34. The Labute approximate surface area is 109 Å². The van der Waals surface area contributed by atoms with E-state index in [9.17, 15) is 0 Å². The first-order valence-electron chi connectivity index (χ1n) is 6.54. The van der Waals surface area contributed by atoms with Crippen molar-refractivity contribution in [2.45, 2.75) is 26.4 Å². The molecule has 0 radical (unpaired) electrons. The fourth-order valence-corrected chi connectivity index (χ4v) is 2.07. The van der Waals surface area contributed by atoms with Gasteiger partial charge in [-0.2, -0.15) is 5.10 Å². The summed E-state index contributed by atoms with van der Waals surface area (Å²) < 4.78 is 1.92. The summed E-state index contributed by atoms with van der Waals surface area (Å²) in [6.45, 7) is 7.42. The third kappa shape index (κ3) is 3.09. The summed E-state index contributed by atoms with van der Waals surface area (Å²) in [4.78, 5) is 2.31. The summed E-state index contributed by atoms with van der Waals surface area (Å²) >= 11 is 0. The zero-order valence-corrected chi connectivity index (χ0v) is 11.4. The number of likely N-dealkylation sites (N-methyl/N-ethyl adjacent to an activating group) is 1. The van der Waals surface area contributed by atoms with E-state index in [-0.39, 0.29) is 0 Å². The zero-order chi connectivity index (χ0) is 13.0. The first kappa shape index (κ1) is 13.1. The lowest BCUT2D eigenvalue weighted by Crippen LogP contribution is -2.36. The smallest absolute Gasteiger partial charge is 0.0706 e. The topological polar surface area (TPSA) is 32.6 Å². The number of aromatic nitrogens is 2. The van der Waals surface area contributed by atoms with Crippen LogP contribution in [0.3, 0.4) is 0 Å². The number of hydrogen-bond donors (Lipinski definition) is 1. The van der Waals surface area contributed by atoms with E-state index in [1.165, 1.54) is 11.1 Å². The van der Waals surface area contributed by atoms with Crippen LogP contribution in [0.15, 0.2) is 30.6 Å². The second kappa shape index (κ2) is 5.98. The summed E-state index contributed by atoms with van der Waals surface area (Å²) in [5.41, 5.74) is 2.43. The molecule has 0 fully saturated rings. The van der Waals surface area contributed by atoms with Crippen LogP contribution in [0, 0.1) is 0 Å². The number of rotatable bonds is 6. The summed E-state index contributed by atoms with van der Waals surface area (Å²) in [7, 11) is 2.15. The molecule has 2 aromatic heterocycles. The van der Waals surface area contributed by atoms with Crippen molar-refractivity contribution in [3.05, 3.63) is 36.2 Å². The number of fused-ring (bicyclic) bond motifs is 1. The number of pyridine rings is 1. The van der Waals surface area contributed by atoms with Crippen molar-refractivity contribution in [3.8, 4) is 0 Å². The molecular weight excluding hydrogens is 224 g/mol. The zero-order valence-electron chi connectivity index (χ0n) is 11.4. The maximum Gasteiger partial charge on any atom is 0.0706 e. The molecule has 0 aliphatic carbocycles. The van der Waals surface area contributed by atoms with Crippen molar-refractivity contribution in [3.63, 3.8) is 0 Å². The predicted molar refractivity (Wildman–Crippen MR) is 74.7 cm³/mol. The molecule has 1 N–H and O–H groups in total. The van der Waals surface area contributed by atoms with Gasteiger partial charge in [-0.15, -0.1) is 0 Å². The summed E-state index contributed by atoms with van der Waals surface area (Å²) in [6, 6.07) is 6.63. The molecular formula is C14H22N4. The average Bonchev–Trinajstić information content (AvgIpc) is 2.79. The maximum atomic E-state index is 4.34. The monoisotopic (exact) mass is 246 g/mol. The molecule has 0 aliphatic rings. The van der Waals surface area contributed by atoms with E-state index in [0.29, 0.717) is 6.04 Å². The van der Waals surface area contributed by atoms with Gasteiger partial charge < -0.3 is 10.2 Å². The van der Waals surface area contributed by atoms with Crippen LogP contribution in [-0.4, -0.2) is 40.7 Å². The molecule has 1 unspecified atom stereocenters. The van der Waals surface area contributed by atoms with Gasteiger partial charge in [0.05, 0.1) is 11.7 Å². The van der Waals surface area contributed by atoms with Crippen LogP contribution < -0.4 is 5.32 Å². The molecule has 0 spiro atoms. The average molecular weight is 246 g/mol. The predicted octanol–water partition coefficient (Wildman–Crippen LogP) is 1.76. The lowest BCUT2D eigenvalue weighted by atomic mass is 10.2. The van der Waals surface area contributed by atoms with Gasteiger partial charge in [-0.1, -0.05) is 13.0 Å². The Hall–Kier alpha value is -1.39. The molecule has 2 heterocycles. The minimum atomic E-state index is 0.480. The summed E-state index contributed by atoms with van der Waals surface area (Å²) in [5.74, 6) is 0. The molecule has 98 valence electrons. The quantitative estimate of drug-likeness (QED) is 0.843. The first-order valence-corrected chi connectivity index (χ1v) is 6.54. The fraction of sp³-hybridized carbons (Fsp3) is 0.500. The number of nitrogens with zero attached hydrogens (tertiary/aromatic N) is 3. The summed E-state index contributed by atoms with van der Waals surface area (Å²) in [5, 5.41) is 7.89. The van der Waals surface area contributed by atoms with E-state index >= 15 is 0 Å². The second-order valence-corrected chi connectivity index (χ2v) is 4.84. The molecule has 0 saturated heterocycles. The SMILES string of the molecule is CCN(C)CC(C)NCc1cnn2ccccc12. The highest BCUT2D eigenvalue weighted by molar-refractivity contribution is 5.53. The van der Waals surface area contributed by atoms with Crippen molar-refractivity contribution >= 4 is 5.52 Å². The van der Waals surface area contributed by atoms with E-state index in [4.69, 9.17) is 0 Å². The van der Waals surface area contributed by atoms with E-state index in [1.54, 1.807) is 0 Å². The number of hydrogen-bond acceptors (Lipinski definition) is 3. The third-order valence-electron chi connectivity index (χ3n) is 3.27. The molecule has 0 saturated carbocycles. The Kier molecular flexibility index (Phi) is 4.33. The van der Waals surface area contributed by atoms with Crippen LogP contribution >= 0.6 is 0 Å². The molecule has 0 aliphatic heterocycles. The standard InChI is InChI=1S/C14H22N4/c1-4-17(3)11-12(2)15-9-13-10-16-18-8-6-5-7-14(13)18/h5-8,10,12,15H,4,9,11H2,1-3H3. The van der Waals surface area contributed by atoms with Crippen molar-refractivity contribution < 1.29 is 0 Å². The lowest BCUT2D eigenvalue weighted by Gasteiger charge is -2.20. The molecule has 0 amide bonds. The normalized spacial score (nSPS) is 13.3. The highest BCUT2D eigenvalue weighted by atomic mass is 15.2. The van der Waals surface area contributed by atoms with Crippen molar-refractivity contribution in [2.75, 3.05) is 20.1 Å². The van der Waals surface area contributed by atoms with Crippen LogP contribution in [0.2, 0.25) is 0 Å². The van der Waals surface area contributed by atoms with Crippen LogP contribution in [-0.2, 0) is 6.54 Å². The van der Waals surface area contributed by atoms with Crippen molar-refractivity contribution in [2.24, 2.45) is 0 Å². The van der Waals surface area contributed by atoms with E-state index < -0.39 is 0 Å². The van der Waals surface area contributed by atoms with E-state index in [2.05, 4.69) is 48.3 Å². The van der Waals surface area contributed by atoms with Crippen LogP contribution in [0.4, 0.5) is 0 Å². The molecule has 1 atom stereocenters. The van der Waals surface area contributed by atoms with Gasteiger partial charge in [0.15, 0.2) is 0 Å². The largest absolute Gasteiger partial charge is 0.309 e. The van der Waals surface area contributed by atoms with Gasteiger partial charge in [0.2, 0.25) is 0 Å². The highest BCUT2D eigenvalue weighted by Crippen LogP contribution is 2.09. The van der Waals surface area contributed by atoms with E-state index in [0.717, 1.165) is 19.6 Å². The Balaban J connectivity index is 1.94. The Morgan fingerprint density at radius 1 is 1.44 bits per heavy atom. The molecule has 4 heteroatoms. The molecule has 4 nitrogen and oxygen atoms in total. The minimum absolute atomic E-state index is 0.480. The molecule has 0 aromatic carbocycles. The van der Waals surface area contributed by atoms with Crippen LogP contribution in [0.5, 0.6) is 0 Å². The first-order chi connectivity index (χ1) is 8.70. The van der Waals surface area contributed by atoms with Gasteiger partial charge >= 0.3 is 0 Å². The van der Waals surface area contributed by atoms with Crippen LogP contribution in [0.1, 0.15) is 19.4 Å². The second-order valence-electron chi connectivity index (χ2n) is 4.84. The third-order valence-corrected chi connectivity index (χ3v) is 3.27. The fourth-order valence-electron chi connectivity index (χ4n) is 2.07. The van der Waals surface area contributed by atoms with Gasteiger partial charge in [0.1, 0.15) is 0 Å². The van der Waals surface area contributed by atoms with Gasteiger partial charge in [-0.05, 0) is 32.6 Å². The van der Waals surface area contributed by atoms with Gasteiger partial charge in [-0.3, -0.25) is 0 Å². The number of nitrogens with one attached hydrogen (secondary N) is 1.